The Labute approximate surface area is 153 Å². The van der Waals surface area contributed by atoms with Crippen LogP contribution in [0.4, 0.5) is 0 Å². The first-order chi connectivity index (χ1) is 12.3. The molecule has 2 fully saturated rings. The number of nitrogens with zero attached hydrogens (tertiary/aromatic N) is 2. The predicted octanol–water partition coefficient (Wildman–Crippen LogP) is 1.80. The summed E-state index contributed by atoms with van der Waals surface area (Å²) >= 11 is 0. The number of piperidine rings is 1. The van der Waals surface area contributed by atoms with Gasteiger partial charge >= 0.3 is 5.97 Å². The highest BCUT2D eigenvalue weighted by Crippen LogP contribution is 2.25. The Morgan fingerprint density at radius 3 is 2.35 bits per heavy atom. The Morgan fingerprint density at radius 1 is 1.08 bits per heavy atom. The number of sulfonamides is 1. The molecule has 0 bridgehead atoms. The molecule has 7 nitrogen and oxygen atoms in total. The van der Waals surface area contributed by atoms with Crippen molar-refractivity contribution < 1.29 is 23.1 Å². The number of hydrogen-bond acceptors (Lipinski definition) is 4. The zero-order valence-electron chi connectivity index (χ0n) is 14.8. The van der Waals surface area contributed by atoms with Gasteiger partial charge in [-0.25, -0.2) is 13.2 Å². The highest BCUT2D eigenvalue weighted by atomic mass is 32.2. The van der Waals surface area contributed by atoms with Gasteiger partial charge in [0.05, 0.1) is 4.90 Å². The Kier molecular flexibility index (Phi) is 5.34. The first-order valence-electron chi connectivity index (χ1n) is 8.94. The molecule has 2 heterocycles. The van der Waals surface area contributed by atoms with E-state index in [-0.39, 0.29) is 10.8 Å². The van der Waals surface area contributed by atoms with Crippen LogP contribution >= 0.6 is 0 Å². The van der Waals surface area contributed by atoms with Crippen molar-refractivity contribution in [3.8, 4) is 0 Å². The summed E-state index contributed by atoms with van der Waals surface area (Å²) in [6, 6.07) is 5.02. The van der Waals surface area contributed by atoms with Crippen molar-refractivity contribution in [3.63, 3.8) is 0 Å². The van der Waals surface area contributed by atoms with Crippen LogP contribution < -0.4 is 0 Å². The maximum Gasteiger partial charge on any atom is 0.326 e. The predicted molar refractivity (Wildman–Crippen MR) is 95.3 cm³/mol. The largest absolute Gasteiger partial charge is 0.480 e. The smallest absolute Gasteiger partial charge is 0.326 e. The topological polar surface area (TPSA) is 95.0 Å². The van der Waals surface area contributed by atoms with E-state index in [0.29, 0.717) is 44.0 Å². The number of benzene rings is 1. The van der Waals surface area contributed by atoms with Gasteiger partial charge in [-0.15, -0.1) is 0 Å². The van der Waals surface area contributed by atoms with Gasteiger partial charge in [-0.3, -0.25) is 4.79 Å². The highest BCUT2D eigenvalue weighted by molar-refractivity contribution is 7.89. The molecule has 0 radical (unpaired) electrons. The van der Waals surface area contributed by atoms with Crippen LogP contribution in [-0.4, -0.2) is 60.3 Å². The SMILES string of the molecule is CC1CCCN(S(=O)(=O)c2ccc(C(=O)N3CCC[C@H]3C(=O)O)cc2)C1. The average Bonchev–Trinajstić information content (AvgIpc) is 3.11. The molecule has 0 aromatic heterocycles. The molecular formula is C18H24N2O5S. The van der Waals surface area contributed by atoms with Crippen molar-refractivity contribution in [3.05, 3.63) is 29.8 Å². The van der Waals surface area contributed by atoms with E-state index in [1.807, 2.05) is 6.92 Å². The summed E-state index contributed by atoms with van der Waals surface area (Å²) in [4.78, 5) is 25.3. The standard InChI is InChI=1S/C18H24N2O5S/c1-13-4-2-10-19(12-13)26(24,25)15-8-6-14(7-9-15)17(21)20-11-3-5-16(20)18(22)23/h6-9,13,16H,2-5,10-12H2,1H3,(H,22,23)/t13?,16-/m0/s1. The van der Waals surface area contributed by atoms with Crippen molar-refractivity contribution in [2.24, 2.45) is 5.92 Å². The number of aliphatic carboxylic acids is 1. The van der Waals surface area contributed by atoms with E-state index < -0.39 is 22.0 Å². The number of carboxylic acids is 1. The van der Waals surface area contributed by atoms with Gasteiger partial charge in [0.15, 0.2) is 0 Å². The van der Waals surface area contributed by atoms with Crippen LogP contribution in [0.15, 0.2) is 29.2 Å². The molecule has 0 saturated carbocycles. The molecule has 2 aliphatic rings. The maximum absolute atomic E-state index is 12.8. The van der Waals surface area contributed by atoms with Crippen LogP contribution in [0.5, 0.6) is 0 Å². The fourth-order valence-electron chi connectivity index (χ4n) is 3.72. The summed E-state index contributed by atoms with van der Waals surface area (Å²) in [5.74, 6) is -1.04. The lowest BCUT2D eigenvalue weighted by atomic mass is 10.0. The number of rotatable bonds is 4. The second kappa shape index (κ2) is 7.36. The number of carboxylic acid groups (broad SMARTS) is 1. The van der Waals surface area contributed by atoms with Gasteiger partial charge in [-0.2, -0.15) is 4.31 Å². The van der Waals surface area contributed by atoms with E-state index in [1.165, 1.54) is 33.5 Å². The number of carbonyl (C=O) groups excluding carboxylic acids is 1. The molecule has 142 valence electrons. The first-order valence-corrected chi connectivity index (χ1v) is 10.4. The third-order valence-corrected chi connectivity index (χ3v) is 7.04. The summed E-state index contributed by atoms with van der Waals surface area (Å²) in [6.07, 6.45) is 2.98. The molecule has 1 unspecified atom stereocenters. The van der Waals surface area contributed by atoms with Gasteiger partial charge in [0.2, 0.25) is 10.0 Å². The molecule has 2 atom stereocenters. The zero-order valence-corrected chi connectivity index (χ0v) is 15.6. The van der Waals surface area contributed by atoms with Crippen LogP contribution in [-0.2, 0) is 14.8 Å². The van der Waals surface area contributed by atoms with Crippen molar-refractivity contribution in [1.82, 2.24) is 9.21 Å². The minimum Gasteiger partial charge on any atom is -0.480 e. The number of amides is 1. The Balaban J connectivity index is 1.78. The lowest BCUT2D eigenvalue weighted by Gasteiger charge is -2.30. The summed E-state index contributed by atoms with van der Waals surface area (Å²) < 4.78 is 27.0. The number of hydrogen-bond donors (Lipinski definition) is 1. The maximum atomic E-state index is 12.8. The van der Waals surface area contributed by atoms with Crippen LogP contribution in [0.1, 0.15) is 43.0 Å². The molecule has 2 saturated heterocycles. The zero-order chi connectivity index (χ0) is 18.9. The lowest BCUT2D eigenvalue weighted by molar-refractivity contribution is -0.141. The summed E-state index contributed by atoms with van der Waals surface area (Å²) in [5, 5.41) is 9.22. The molecule has 3 rings (SSSR count). The Bertz CT molecular complexity index is 790. The normalized spacial score (nSPS) is 24.6. The van der Waals surface area contributed by atoms with Crippen LogP contribution in [0.3, 0.4) is 0 Å². The monoisotopic (exact) mass is 380 g/mol. The third kappa shape index (κ3) is 3.61. The van der Waals surface area contributed by atoms with Crippen LogP contribution in [0.25, 0.3) is 0 Å². The van der Waals surface area contributed by atoms with Gasteiger partial charge in [0.1, 0.15) is 6.04 Å². The summed E-state index contributed by atoms with van der Waals surface area (Å²) in [6.45, 7) is 3.47. The molecule has 2 aliphatic heterocycles. The molecule has 1 N–H and O–H groups in total. The highest BCUT2D eigenvalue weighted by Gasteiger charge is 2.34. The molecule has 0 aliphatic carbocycles. The Morgan fingerprint density at radius 2 is 1.73 bits per heavy atom. The van der Waals surface area contributed by atoms with Crippen molar-refractivity contribution in [1.29, 1.82) is 0 Å². The van der Waals surface area contributed by atoms with Gasteiger partial charge in [0, 0.05) is 25.2 Å². The molecule has 26 heavy (non-hydrogen) atoms. The van der Waals surface area contributed by atoms with E-state index in [9.17, 15) is 23.1 Å². The second-order valence-electron chi connectivity index (χ2n) is 7.13. The van der Waals surface area contributed by atoms with E-state index in [2.05, 4.69) is 0 Å². The summed E-state index contributed by atoms with van der Waals surface area (Å²) in [5.41, 5.74) is 0.309. The van der Waals surface area contributed by atoms with E-state index in [0.717, 1.165) is 12.8 Å². The molecule has 8 heteroatoms. The fourth-order valence-corrected chi connectivity index (χ4v) is 5.31. The van der Waals surface area contributed by atoms with Gasteiger partial charge in [-0.05, 0) is 55.9 Å². The molecule has 0 spiro atoms. The average molecular weight is 380 g/mol. The summed E-state index contributed by atoms with van der Waals surface area (Å²) in [7, 11) is -3.57. The van der Waals surface area contributed by atoms with E-state index in [4.69, 9.17) is 0 Å². The molecule has 1 aromatic rings. The third-order valence-electron chi connectivity index (χ3n) is 5.16. The van der Waals surface area contributed by atoms with Gasteiger partial charge in [-0.1, -0.05) is 6.92 Å². The minimum atomic E-state index is -3.57. The van der Waals surface area contributed by atoms with Crippen molar-refractivity contribution in [2.45, 2.75) is 43.5 Å². The minimum absolute atomic E-state index is 0.166. The van der Waals surface area contributed by atoms with Crippen molar-refractivity contribution in [2.75, 3.05) is 19.6 Å². The van der Waals surface area contributed by atoms with E-state index >= 15 is 0 Å². The molecule has 1 amide bonds. The quantitative estimate of drug-likeness (QED) is 0.859. The molecule has 1 aromatic carbocycles. The number of carbonyl (C=O) groups is 2. The second-order valence-corrected chi connectivity index (χ2v) is 9.07. The lowest BCUT2D eigenvalue weighted by Crippen LogP contribution is -2.40. The number of likely N-dealkylation sites (tertiary alicyclic amines) is 1. The van der Waals surface area contributed by atoms with Crippen LogP contribution in [0.2, 0.25) is 0 Å². The van der Waals surface area contributed by atoms with Gasteiger partial charge < -0.3 is 10.0 Å². The van der Waals surface area contributed by atoms with Crippen LogP contribution in [0, 0.1) is 5.92 Å². The van der Waals surface area contributed by atoms with E-state index in [1.54, 1.807) is 0 Å². The van der Waals surface area contributed by atoms with Gasteiger partial charge in [0.25, 0.3) is 5.91 Å². The Hall–Kier alpha value is -1.93. The fraction of sp³-hybridized carbons (Fsp3) is 0.556. The first kappa shape index (κ1) is 18.8. The van der Waals surface area contributed by atoms with Crippen molar-refractivity contribution >= 4 is 21.9 Å². The molecular weight excluding hydrogens is 356 g/mol.